The zero-order valence-corrected chi connectivity index (χ0v) is 24.5. The van der Waals surface area contributed by atoms with Crippen molar-refractivity contribution in [3.05, 3.63) is 93.3 Å². The molecule has 0 spiro atoms. The van der Waals surface area contributed by atoms with E-state index in [1.165, 1.54) is 0 Å². The molecule has 1 N–H and O–H groups in total. The van der Waals surface area contributed by atoms with E-state index in [0.29, 0.717) is 40.3 Å². The van der Waals surface area contributed by atoms with Crippen LogP contribution in [0.5, 0.6) is 0 Å². The third kappa shape index (κ3) is 5.35. The van der Waals surface area contributed by atoms with Gasteiger partial charge in [-0.05, 0) is 68.4 Å². The lowest BCUT2D eigenvalue weighted by Crippen LogP contribution is -2.45. The van der Waals surface area contributed by atoms with E-state index in [2.05, 4.69) is 15.0 Å². The number of carbonyl (C=O) groups is 1. The first-order valence-corrected chi connectivity index (χ1v) is 15.3. The van der Waals surface area contributed by atoms with E-state index >= 15 is 0 Å². The van der Waals surface area contributed by atoms with Gasteiger partial charge < -0.3 is 14.4 Å². The summed E-state index contributed by atoms with van der Waals surface area (Å²) in [7, 11) is 0. The first kappa shape index (κ1) is 27.6. The number of halogens is 2. The van der Waals surface area contributed by atoms with Crippen LogP contribution in [-0.2, 0) is 17.9 Å². The number of benzene rings is 2. The maximum Gasteiger partial charge on any atom is 0.337 e. The third-order valence-electron chi connectivity index (χ3n) is 8.90. The number of piperidine rings is 1. The lowest BCUT2D eigenvalue weighted by Gasteiger charge is -2.39. The molecule has 2 unspecified atom stereocenters. The summed E-state index contributed by atoms with van der Waals surface area (Å²) in [6, 6.07) is 17.5. The second-order valence-electron chi connectivity index (χ2n) is 11.6. The molecule has 0 amide bonds. The van der Waals surface area contributed by atoms with Crippen molar-refractivity contribution in [2.24, 2.45) is 0 Å². The Morgan fingerprint density at radius 3 is 2.33 bits per heavy atom. The van der Waals surface area contributed by atoms with Crippen molar-refractivity contribution >= 4 is 29.2 Å². The van der Waals surface area contributed by atoms with Crippen molar-refractivity contribution in [2.75, 3.05) is 0 Å². The molecule has 0 radical (unpaired) electrons. The molecule has 2 atom stereocenters. The van der Waals surface area contributed by atoms with Crippen LogP contribution in [0.15, 0.2) is 65.3 Å². The maximum atomic E-state index is 11.6. The van der Waals surface area contributed by atoms with E-state index in [-0.39, 0.29) is 11.7 Å². The first-order chi connectivity index (χ1) is 20.5. The van der Waals surface area contributed by atoms with Gasteiger partial charge in [0.05, 0.1) is 34.0 Å². The molecular weight excluding hydrogens is 573 g/mol. The largest absolute Gasteiger partial charge is 0.478 e. The number of hydrogen-bond donors (Lipinski definition) is 1. The summed E-state index contributed by atoms with van der Waals surface area (Å²) in [5.41, 5.74) is 5.16. The highest BCUT2D eigenvalue weighted by molar-refractivity contribution is 6.39. The van der Waals surface area contributed by atoms with Crippen LogP contribution >= 0.6 is 23.2 Å². The van der Waals surface area contributed by atoms with Gasteiger partial charge in [0.15, 0.2) is 0 Å². The number of carboxylic acid groups (broad SMARTS) is 1. The molecule has 1 saturated carbocycles. The molecule has 42 heavy (non-hydrogen) atoms. The molecule has 1 aliphatic carbocycles. The lowest BCUT2D eigenvalue weighted by atomic mass is 9.97. The minimum atomic E-state index is -0.983. The number of fused-ring (bicyclic) bond motifs is 2. The number of aromatic carboxylic acids is 1. The van der Waals surface area contributed by atoms with E-state index in [0.717, 1.165) is 78.8 Å². The summed E-state index contributed by atoms with van der Waals surface area (Å²) in [5.74, 6) is 0.437. The molecule has 3 fully saturated rings. The van der Waals surface area contributed by atoms with Crippen molar-refractivity contribution in [1.82, 2.24) is 15.0 Å². The number of pyridine rings is 1. The van der Waals surface area contributed by atoms with E-state index in [1.807, 2.05) is 42.5 Å². The van der Waals surface area contributed by atoms with E-state index in [4.69, 9.17) is 32.5 Å². The zero-order chi connectivity index (χ0) is 28.8. The zero-order valence-electron chi connectivity index (χ0n) is 23.0. The summed E-state index contributed by atoms with van der Waals surface area (Å²) >= 11 is 13.2. The average molecular weight is 605 g/mol. The van der Waals surface area contributed by atoms with Gasteiger partial charge in [-0.15, -0.1) is 0 Å². The Balaban J connectivity index is 1.03. The van der Waals surface area contributed by atoms with Gasteiger partial charge in [-0.25, -0.2) is 4.79 Å². The Bertz CT molecular complexity index is 1580. The van der Waals surface area contributed by atoms with Crippen molar-refractivity contribution < 1.29 is 19.2 Å². The van der Waals surface area contributed by atoms with E-state index in [1.54, 1.807) is 18.3 Å². The van der Waals surface area contributed by atoms with Crippen LogP contribution in [0, 0.1) is 0 Å². The average Bonchev–Trinajstić information content (AvgIpc) is 3.72. The van der Waals surface area contributed by atoms with Gasteiger partial charge >= 0.3 is 5.97 Å². The normalized spacial score (nSPS) is 22.0. The summed E-state index contributed by atoms with van der Waals surface area (Å²) < 4.78 is 12.4. The molecule has 7 nitrogen and oxygen atoms in total. The Morgan fingerprint density at radius 1 is 0.952 bits per heavy atom. The van der Waals surface area contributed by atoms with Crippen molar-refractivity contribution in [2.45, 2.75) is 75.8 Å². The monoisotopic (exact) mass is 603 g/mol. The Labute approximate surface area is 254 Å². The van der Waals surface area contributed by atoms with Gasteiger partial charge in [-0.3, -0.25) is 9.88 Å². The summed E-state index contributed by atoms with van der Waals surface area (Å²) in [6.07, 6.45) is 8.34. The van der Waals surface area contributed by atoms with Gasteiger partial charge in [0.25, 0.3) is 0 Å². The Morgan fingerprint density at radius 2 is 1.67 bits per heavy atom. The topological polar surface area (TPSA) is 88.7 Å². The Hall–Kier alpha value is -3.23. The molecule has 216 valence electrons. The van der Waals surface area contributed by atoms with Crippen LogP contribution in [0.3, 0.4) is 0 Å². The quantitative estimate of drug-likeness (QED) is 0.207. The van der Waals surface area contributed by atoms with Gasteiger partial charge in [0.2, 0.25) is 0 Å². The lowest BCUT2D eigenvalue weighted by molar-refractivity contribution is -0.0306. The number of nitrogens with zero attached hydrogens (tertiary/aromatic N) is 3. The molecular formula is C33H31Cl2N3O4. The number of ether oxygens (including phenoxy) is 1. The molecule has 2 saturated heterocycles. The highest BCUT2D eigenvalue weighted by atomic mass is 35.5. The standard InChI is InChI=1S/C33H31Cl2N3O4/c34-27-4-1-5-28(35)29(27)31-26(32(42-37-31)21-10-11-21)17-38-22-12-13-23(38)16-24(15-22)41-18-19-6-8-20(9-7-19)30-25(33(39)40)3-2-14-36-30/h1-9,14,21-24H,10-13,15-18H2,(H,39,40). The summed E-state index contributed by atoms with van der Waals surface area (Å²) in [4.78, 5) is 18.5. The van der Waals surface area contributed by atoms with Gasteiger partial charge in [-0.1, -0.05) is 58.7 Å². The van der Waals surface area contributed by atoms with Gasteiger partial charge in [0, 0.05) is 47.4 Å². The minimum absolute atomic E-state index is 0.190. The number of carboxylic acids is 1. The smallest absolute Gasteiger partial charge is 0.337 e. The predicted molar refractivity (Wildman–Crippen MR) is 161 cm³/mol. The van der Waals surface area contributed by atoms with Crippen LogP contribution in [-0.4, -0.2) is 44.3 Å². The molecule has 2 bridgehead atoms. The fourth-order valence-electron chi connectivity index (χ4n) is 6.64. The molecule has 9 heteroatoms. The van der Waals surface area contributed by atoms with E-state index < -0.39 is 5.97 Å². The van der Waals surface area contributed by atoms with Crippen LogP contribution in [0.1, 0.15) is 71.7 Å². The van der Waals surface area contributed by atoms with E-state index in [9.17, 15) is 9.90 Å². The van der Waals surface area contributed by atoms with Crippen LogP contribution in [0.25, 0.3) is 22.5 Å². The second-order valence-corrected chi connectivity index (χ2v) is 12.4. The number of hydrogen-bond acceptors (Lipinski definition) is 6. The minimum Gasteiger partial charge on any atom is -0.478 e. The second kappa shape index (κ2) is 11.5. The highest BCUT2D eigenvalue weighted by Gasteiger charge is 2.43. The van der Waals surface area contributed by atoms with Gasteiger partial charge in [-0.2, -0.15) is 0 Å². The summed E-state index contributed by atoms with van der Waals surface area (Å²) in [6.45, 7) is 1.30. The van der Waals surface area contributed by atoms with Crippen molar-refractivity contribution in [3.63, 3.8) is 0 Å². The highest BCUT2D eigenvalue weighted by Crippen LogP contribution is 2.48. The molecule has 2 aliphatic heterocycles. The molecule has 2 aromatic heterocycles. The Kier molecular flexibility index (Phi) is 7.53. The molecule has 4 aromatic rings. The summed E-state index contributed by atoms with van der Waals surface area (Å²) in [5, 5.41) is 15.2. The molecule has 7 rings (SSSR count). The van der Waals surface area contributed by atoms with Crippen LogP contribution < -0.4 is 0 Å². The molecule has 4 heterocycles. The van der Waals surface area contributed by atoms with Crippen LogP contribution in [0.2, 0.25) is 10.0 Å². The number of aromatic nitrogens is 2. The molecule has 3 aliphatic rings. The van der Waals surface area contributed by atoms with Crippen molar-refractivity contribution in [1.29, 1.82) is 0 Å². The predicted octanol–water partition coefficient (Wildman–Crippen LogP) is 8.00. The van der Waals surface area contributed by atoms with Crippen molar-refractivity contribution in [3.8, 4) is 22.5 Å². The molecule has 2 aromatic carbocycles. The van der Waals surface area contributed by atoms with Crippen LogP contribution in [0.4, 0.5) is 0 Å². The fraction of sp³-hybridized carbons (Fsp3) is 0.364. The number of rotatable bonds is 9. The SMILES string of the molecule is O=C(O)c1cccnc1-c1ccc(COC2CC3CCC(C2)N3Cc2c(-c3c(Cl)cccc3Cl)noc2C2CC2)cc1. The fourth-order valence-corrected chi connectivity index (χ4v) is 7.22. The maximum absolute atomic E-state index is 11.6. The first-order valence-electron chi connectivity index (χ1n) is 14.5. The third-order valence-corrected chi connectivity index (χ3v) is 9.53. The van der Waals surface area contributed by atoms with Gasteiger partial charge in [0.1, 0.15) is 11.5 Å².